The molecule has 34 heavy (non-hydrogen) atoms. The lowest BCUT2D eigenvalue weighted by Crippen LogP contribution is -2.52. The Kier molecular flexibility index (Phi) is 10.1. The Hall–Kier alpha value is -2.87. The van der Waals surface area contributed by atoms with Crippen molar-refractivity contribution in [3.8, 4) is 0 Å². The molecule has 1 unspecified atom stereocenters. The fraction of sp³-hybridized carbons (Fsp3) is 0.462. The summed E-state index contributed by atoms with van der Waals surface area (Å²) in [4.78, 5) is 27.8. The van der Waals surface area contributed by atoms with Gasteiger partial charge in [-0.1, -0.05) is 55.8 Å². The largest absolute Gasteiger partial charge is 0.354 e. The third-order valence-corrected chi connectivity index (χ3v) is 7.13. The fourth-order valence-electron chi connectivity index (χ4n) is 3.71. The Balaban J connectivity index is 2.31. The molecule has 0 aliphatic rings. The van der Waals surface area contributed by atoms with Crippen LogP contribution >= 0.6 is 0 Å². The number of rotatable bonds is 12. The molecule has 0 bridgehead atoms. The molecule has 7 nitrogen and oxygen atoms in total. The molecule has 0 radical (unpaired) electrons. The molecular formula is C26H37N3O4S. The second-order valence-corrected chi connectivity index (χ2v) is 10.5. The van der Waals surface area contributed by atoms with Crippen LogP contribution in [0.15, 0.2) is 48.5 Å². The maximum atomic E-state index is 13.5. The van der Waals surface area contributed by atoms with E-state index in [1.165, 1.54) is 4.90 Å². The van der Waals surface area contributed by atoms with Gasteiger partial charge in [-0.25, -0.2) is 8.42 Å². The van der Waals surface area contributed by atoms with Gasteiger partial charge >= 0.3 is 0 Å². The molecule has 2 aromatic carbocycles. The van der Waals surface area contributed by atoms with E-state index in [4.69, 9.17) is 0 Å². The van der Waals surface area contributed by atoms with Crippen molar-refractivity contribution < 1.29 is 18.0 Å². The molecule has 0 aromatic heterocycles. The minimum atomic E-state index is -3.73. The van der Waals surface area contributed by atoms with Gasteiger partial charge in [0.25, 0.3) is 0 Å². The Labute approximate surface area is 204 Å². The topological polar surface area (TPSA) is 86.8 Å². The lowest BCUT2D eigenvalue weighted by Gasteiger charge is -2.32. The molecular weight excluding hydrogens is 450 g/mol. The molecule has 0 aliphatic heterocycles. The first-order chi connectivity index (χ1) is 16.1. The predicted octanol–water partition coefficient (Wildman–Crippen LogP) is 3.45. The monoisotopic (exact) mass is 487 g/mol. The first-order valence-corrected chi connectivity index (χ1v) is 13.6. The number of amides is 2. The summed E-state index contributed by atoms with van der Waals surface area (Å²) in [5.74, 6) is -0.659. The molecule has 0 heterocycles. The minimum absolute atomic E-state index is 0.243. The minimum Gasteiger partial charge on any atom is -0.354 e. The van der Waals surface area contributed by atoms with Crippen molar-refractivity contribution in [2.24, 2.45) is 0 Å². The van der Waals surface area contributed by atoms with E-state index in [9.17, 15) is 18.0 Å². The van der Waals surface area contributed by atoms with Crippen LogP contribution in [0.5, 0.6) is 0 Å². The number of nitrogens with zero attached hydrogens (tertiary/aromatic N) is 2. The van der Waals surface area contributed by atoms with Crippen molar-refractivity contribution in [1.82, 2.24) is 10.2 Å². The van der Waals surface area contributed by atoms with E-state index in [1.807, 2.05) is 57.2 Å². The molecule has 0 spiro atoms. The smallest absolute Gasteiger partial charge is 0.244 e. The molecule has 0 aliphatic carbocycles. The van der Waals surface area contributed by atoms with Crippen molar-refractivity contribution in [1.29, 1.82) is 0 Å². The maximum absolute atomic E-state index is 13.5. The number of anilines is 1. The number of sulfonamides is 1. The SMILES string of the molecule is CCCCNC(=O)C(C)N(CCc1ccccc1)C(=O)CN(c1cccc(C)c1C)S(C)(=O)=O. The summed E-state index contributed by atoms with van der Waals surface area (Å²) in [7, 11) is -3.73. The predicted molar refractivity (Wildman–Crippen MR) is 137 cm³/mol. The maximum Gasteiger partial charge on any atom is 0.244 e. The van der Waals surface area contributed by atoms with Crippen LogP contribution in [0.2, 0.25) is 0 Å². The van der Waals surface area contributed by atoms with Gasteiger partial charge in [-0.05, 0) is 56.4 Å². The van der Waals surface area contributed by atoms with Gasteiger partial charge in [0.2, 0.25) is 21.8 Å². The third-order valence-electron chi connectivity index (χ3n) is 6.00. The Morgan fingerprint density at radius 3 is 2.32 bits per heavy atom. The molecule has 2 aromatic rings. The summed E-state index contributed by atoms with van der Waals surface area (Å²) < 4.78 is 26.5. The standard InChI is InChI=1S/C26H37N3O4S/c1-6-7-17-27-26(31)22(4)28(18-16-23-13-9-8-10-14-23)25(30)19-29(34(5,32)33)24-15-11-12-20(2)21(24)3/h8-15,22H,6-7,16-19H2,1-5H3,(H,27,31). The summed E-state index contributed by atoms with van der Waals surface area (Å²) in [5, 5.41) is 2.88. The lowest BCUT2D eigenvalue weighted by atomic mass is 10.1. The zero-order valence-electron chi connectivity index (χ0n) is 20.9. The van der Waals surface area contributed by atoms with Crippen LogP contribution in [0.3, 0.4) is 0 Å². The van der Waals surface area contributed by atoms with Crippen LogP contribution in [-0.4, -0.2) is 57.1 Å². The molecule has 2 amide bonds. The van der Waals surface area contributed by atoms with Crippen LogP contribution in [-0.2, 0) is 26.0 Å². The Morgan fingerprint density at radius 1 is 1.03 bits per heavy atom. The summed E-state index contributed by atoms with van der Waals surface area (Å²) in [6, 6.07) is 14.3. The van der Waals surface area contributed by atoms with Crippen LogP contribution in [0.4, 0.5) is 5.69 Å². The fourth-order valence-corrected chi connectivity index (χ4v) is 4.61. The summed E-state index contributed by atoms with van der Waals surface area (Å²) in [6.45, 7) is 7.93. The number of carbonyl (C=O) groups is 2. The Morgan fingerprint density at radius 2 is 1.71 bits per heavy atom. The lowest BCUT2D eigenvalue weighted by molar-refractivity contribution is -0.138. The second kappa shape index (κ2) is 12.6. The molecule has 8 heteroatoms. The number of benzene rings is 2. The number of carbonyl (C=O) groups excluding carboxylic acids is 2. The van der Waals surface area contributed by atoms with E-state index in [1.54, 1.807) is 19.1 Å². The van der Waals surface area contributed by atoms with Gasteiger partial charge in [-0.3, -0.25) is 13.9 Å². The normalized spacial score (nSPS) is 12.1. The van der Waals surface area contributed by atoms with E-state index in [2.05, 4.69) is 5.32 Å². The van der Waals surface area contributed by atoms with Crippen molar-refractivity contribution in [3.63, 3.8) is 0 Å². The number of aryl methyl sites for hydroxylation is 1. The summed E-state index contributed by atoms with van der Waals surface area (Å²) in [6.07, 6.45) is 3.45. The van der Waals surface area contributed by atoms with Gasteiger partial charge in [-0.2, -0.15) is 0 Å². The van der Waals surface area contributed by atoms with Crippen LogP contribution in [0.1, 0.15) is 43.4 Å². The number of unbranched alkanes of at least 4 members (excludes halogenated alkanes) is 1. The highest BCUT2D eigenvalue weighted by molar-refractivity contribution is 7.92. The number of hydrogen-bond acceptors (Lipinski definition) is 4. The van der Waals surface area contributed by atoms with Gasteiger partial charge in [0.15, 0.2) is 0 Å². The van der Waals surface area contributed by atoms with Crippen molar-refractivity contribution in [3.05, 3.63) is 65.2 Å². The van der Waals surface area contributed by atoms with Crippen molar-refractivity contribution >= 4 is 27.5 Å². The van der Waals surface area contributed by atoms with E-state index >= 15 is 0 Å². The Bertz CT molecular complexity index is 1070. The van der Waals surface area contributed by atoms with Gasteiger partial charge in [0.1, 0.15) is 12.6 Å². The van der Waals surface area contributed by atoms with Gasteiger partial charge in [0.05, 0.1) is 11.9 Å². The van der Waals surface area contributed by atoms with Gasteiger partial charge < -0.3 is 10.2 Å². The van der Waals surface area contributed by atoms with E-state index in [-0.39, 0.29) is 12.5 Å². The highest BCUT2D eigenvalue weighted by Crippen LogP contribution is 2.25. The van der Waals surface area contributed by atoms with Crippen LogP contribution in [0.25, 0.3) is 0 Å². The van der Waals surface area contributed by atoms with Crippen molar-refractivity contribution in [2.75, 3.05) is 30.2 Å². The summed E-state index contributed by atoms with van der Waals surface area (Å²) >= 11 is 0. The summed E-state index contributed by atoms with van der Waals surface area (Å²) in [5.41, 5.74) is 3.23. The average molecular weight is 488 g/mol. The number of hydrogen-bond donors (Lipinski definition) is 1. The quantitative estimate of drug-likeness (QED) is 0.465. The van der Waals surface area contributed by atoms with E-state index < -0.39 is 22.0 Å². The highest BCUT2D eigenvalue weighted by atomic mass is 32.2. The molecule has 0 fully saturated rings. The average Bonchev–Trinajstić information content (AvgIpc) is 2.79. The van der Waals surface area contributed by atoms with E-state index in [0.717, 1.165) is 40.1 Å². The highest BCUT2D eigenvalue weighted by Gasteiger charge is 2.30. The van der Waals surface area contributed by atoms with E-state index in [0.29, 0.717) is 25.2 Å². The molecule has 1 atom stereocenters. The molecule has 0 saturated heterocycles. The van der Waals surface area contributed by atoms with Crippen molar-refractivity contribution in [2.45, 2.75) is 53.0 Å². The molecule has 0 saturated carbocycles. The third kappa shape index (κ3) is 7.58. The number of nitrogens with one attached hydrogen (secondary N) is 1. The second-order valence-electron chi connectivity index (χ2n) is 8.63. The molecule has 186 valence electrons. The zero-order chi connectivity index (χ0) is 25.3. The van der Waals surface area contributed by atoms with Gasteiger partial charge in [-0.15, -0.1) is 0 Å². The first kappa shape index (κ1) is 27.4. The molecule has 1 N–H and O–H groups in total. The van der Waals surface area contributed by atoms with Crippen LogP contribution in [0, 0.1) is 13.8 Å². The van der Waals surface area contributed by atoms with Gasteiger partial charge in [0, 0.05) is 13.1 Å². The molecule has 2 rings (SSSR count). The zero-order valence-corrected chi connectivity index (χ0v) is 21.7. The van der Waals surface area contributed by atoms with Crippen LogP contribution < -0.4 is 9.62 Å². The first-order valence-electron chi connectivity index (χ1n) is 11.7.